The normalized spacial score (nSPS) is 12.4. The van der Waals surface area contributed by atoms with Gasteiger partial charge in [-0.1, -0.05) is 13.8 Å². The predicted molar refractivity (Wildman–Crippen MR) is 67.1 cm³/mol. The molecular weight excluding hydrogens is 238 g/mol. The summed E-state index contributed by atoms with van der Waals surface area (Å²) in [6.07, 6.45) is 1.14. The van der Waals surface area contributed by atoms with Gasteiger partial charge in [0.25, 0.3) is 0 Å². The first-order valence-corrected chi connectivity index (χ1v) is 5.58. The monoisotopic (exact) mass is 255 g/mol. The van der Waals surface area contributed by atoms with Crippen LogP contribution in [0.1, 0.15) is 20.3 Å². The molecule has 1 aromatic rings. The van der Waals surface area contributed by atoms with Crippen molar-refractivity contribution in [2.24, 2.45) is 5.92 Å². The number of aliphatic hydroxyl groups excluding tert-OH is 1. The number of anilines is 2. The second-order valence-corrected chi connectivity index (χ2v) is 4.38. The Balaban J connectivity index is 2.73. The van der Waals surface area contributed by atoms with Crippen LogP contribution in [-0.4, -0.2) is 32.6 Å². The molecule has 0 amide bonds. The number of nitrogens with two attached hydrogens (primary N) is 1. The quantitative estimate of drug-likeness (QED) is 0.506. The molecule has 0 aliphatic heterocycles. The van der Waals surface area contributed by atoms with Crippen LogP contribution in [0.15, 0.2) is 6.33 Å². The van der Waals surface area contributed by atoms with Crippen molar-refractivity contribution in [2.45, 2.75) is 26.4 Å². The Morgan fingerprint density at radius 1 is 1.56 bits per heavy atom. The third-order valence-electron chi connectivity index (χ3n) is 2.28. The topological polar surface area (TPSA) is 127 Å². The number of nitrogens with zero attached hydrogens (tertiary/aromatic N) is 3. The van der Waals surface area contributed by atoms with Gasteiger partial charge < -0.3 is 16.2 Å². The van der Waals surface area contributed by atoms with Crippen LogP contribution in [0.25, 0.3) is 0 Å². The minimum Gasteiger partial charge on any atom is -0.391 e. The number of nitro groups is 1. The van der Waals surface area contributed by atoms with E-state index in [9.17, 15) is 15.2 Å². The van der Waals surface area contributed by atoms with Crippen LogP contribution in [0.4, 0.5) is 17.3 Å². The highest BCUT2D eigenvalue weighted by Gasteiger charge is 2.21. The number of hydrogen-bond donors (Lipinski definition) is 3. The number of rotatable bonds is 6. The van der Waals surface area contributed by atoms with Gasteiger partial charge in [-0.3, -0.25) is 10.1 Å². The fourth-order valence-electron chi connectivity index (χ4n) is 1.54. The average Bonchev–Trinajstić information content (AvgIpc) is 2.24. The van der Waals surface area contributed by atoms with E-state index >= 15 is 0 Å². The van der Waals surface area contributed by atoms with Crippen LogP contribution in [0.5, 0.6) is 0 Å². The van der Waals surface area contributed by atoms with Crippen molar-refractivity contribution >= 4 is 17.3 Å². The first kappa shape index (κ1) is 14.1. The highest BCUT2D eigenvalue weighted by atomic mass is 16.6. The molecule has 0 spiro atoms. The molecule has 1 heterocycles. The highest BCUT2D eigenvalue weighted by molar-refractivity contribution is 5.67. The number of aromatic nitrogens is 2. The molecule has 0 saturated heterocycles. The van der Waals surface area contributed by atoms with E-state index < -0.39 is 11.0 Å². The largest absolute Gasteiger partial charge is 0.391 e. The molecular formula is C10H17N5O3. The molecule has 0 saturated carbocycles. The summed E-state index contributed by atoms with van der Waals surface area (Å²) in [6.45, 7) is 4.14. The van der Waals surface area contributed by atoms with Crippen molar-refractivity contribution in [1.29, 1.82) is 0 Å². The number of nitrogen functional groups attached to an aromatic ring is 1. The van der Waals surface area contributed by atoms with Gasteiger partial charge in [0, 0.05) is 6.54 Å². The van der Waals surface area contributed by atoms with Crippen molar-refractivity contribution in [3.05, 3.63) is 16.4 Å². The summed E-state index contributed by atoms with van der Waals surface area (Å²) in [6, 6.07) is 0. The zero-order chi connectivity index (χ0) is 13.7. The molecule has 1 aromatic heterocycles. The van der Waals surface area contributed by atoms with Crippen molar-refractivity contribution in [1.82, 2.24) is 9.97 Å². The fourth-order valence-corrected chi connectivity index (χ4v) is 1.54. The number of nitrogens with one attached hydrogen (secondary N) is 1. The lowest BCUT2D eigenvalue weighted by atomic mass is 10.1. The number of aliphatic hydroxyl groups is 1. The van der Waals surface area contributed by atoms with Crippen molar-refractivity contribution < 1.29 is 10.0 Å². The summed E-state index contributed by atoms with van der Waals surface area (Å²) in [5.41, 5.74) is 5.05. The van der Waals surface area contributed by atoms with E-state index in [4.69, 9.17) is 5.73 Å². The van der Waals surface area contributed by atoms with E-state index in [0.29, 0.717) is 12.3 Å². The van der Waals surface area contributed by atoms with Gasteiger partial charge in [0.2, 0.25) is 11.6 Å². The van der Waals surface area contributed by atoms with Gasteiger partial charge in [0.15, 0.2) is 0 Å². The van der Waals surface area contributed by atoms with Crippen LogP contribution < -0.4 is 11.1 Å². The molecule has 1 atom stereocenters. The Labute approximate surface area is 104 Å². The molecule has 1 unspecified atom stereocenters. The van der Waals surface area contributed by atoms with Crippen LogP contribution in [0, 0.1) is 16.0 Å². The van der Waals surface area contributed by atoms with Crippen LogP contribution in [0.3, 0.4) is 0 Å². The smallest absolute Gasteiger partial charge is 0.352 e. The maximum atomic E-state index is 10.8. The Morgan fingerprint density at radius 2 is 2.22 bits per heavy atom. The maximum absolute atomic E-state index is 10.8. The molecule has 1 rings (SSSR count). The zero-order valence-corrected chi connectivity index (χ0v) is 10.3. The van der Waals surface area contributed by atoms with Gasteiger partial charge in [-0.2, -0.15) is 0 Å². The lowest BCUT2D eigenvalue weighted by Crippen LogP contribution is -2.22. The standard InChI is InChI=1S/C10H17N5O3/c1-6(2)3-7(16)4-12-10-8(15(17)18)9(11)13-5-14-10/h5-7,16H,3-4H2,1-2H3,(H3,11,12,13,14). The summed E-state index contributed by atoms with van der Waals surface area (Å²) in [4.78, 5) is 17.5. The average molecular weight is 255 g/mol. The van der Waals surface area contributed by atoms with E-state index in [1.807, 2.05) is 13.8 Å². The minimum atomic E-state index is -0.646. The van der Waals surface area contributed by atoms with Crippen LogP contribution >= 0.6 is 0 Å². The van der Waals surface area contributed by atoms with Gasteiger partial charge in [0.1, 0.15) is 6.33 Å². The van der Waals surface area contributed by atoms with E-state index in [-0.39, 0.29) is 23.9 Å². The third-order valence-corrected chi connectivity index (χ3v) is 2.28. The minimum absolute atomic E-state index is 0.0234. The second kappa shape index (κ2) is 6.10. The molecule has 4 N–H and O–H groups in total. The predicted octanol–water partition coefficient (Wildman–Crippen LogP) is 0.786. The molecule has 8 heteroatoms. The summed E-state index contributed by atoms with van der Waals surface area (Å²) in [7, 11) is 0. The summed E-state index contributed by atoms with van der Waals surface area (Å²) in [5.74, 6) is 0.165. The summed E-state index contributed by atoms with van der Waals surface area (Å²) >= 11 is 0. The van der Waals surface area contributed by atoms with Gasteiger partial charge >= 0.3 is 5.69 Å². The Bertz CT molecular complexity index is 424. The Hall–Kier alpha value is -1.96. The molecule has 0 aromatic carbocycles. The van der Waals surface area contributed by atoms with E-state index in [1.165, 1.54) is 0 Å². The molecule has 8 nitrogen and oxygen atoms in total. The lowest BCUT2D eigenvalue weighted by molar-refractivity contribution is -0.383. The molecule has 100 valence electrons. The second-order valence-electron chi connectivity index (χ2n) is 4.38. The summed E-state index contributed by atoms with van der Waals surface area (Å²) in [5, 5.41) is 23.2. The first-order chi connectivity index (χ1) is 8.41. The van der Waals surface area contributed by atoms with Crippen molar-refractivity contribution in [3.8, 4) is 0 Å². The van der Waals surface area contributed by atoms with Gasteiger partial charge in [0.05, 0.1) is 11.0 Å². The van der Waals surface area contributed by atoms with Crippen LogP contribution in [-0.2, 0) is 0 Å². The first-order valence-electron chi connectivity index (χ1n) is 5.58. The van der Waals surface area contributed by atoms with Crippen molar-refractivity contribution in [2.75, 3.05) is 17.6 Å². The Kier molecular flexibility index (Phi) is 4.78. The van der Waals surface area contributed by atoms with Crippen molar-refractivity contribution in [3.63, 3.8) is 0 Å². The molecule has 0 aliphatic rings. The molecule has 18 heavy (non-hydrogen) atoms. The molecule has 0 fully saturated rings. The lowest BCUT2D eigenvalue weighted by Gasteiger charge is -2.14. The molecule has 0 radical (unpaired) electrons. The van der Waals surface area contributed by atoms with E-state index in [2.05, 4.69) is 15.3 Å². The van der Waals surface area contributed by atoms with Gasteiger partial charge in [-0.05, 0) is 12.3 Å². The zero-order valence-electron chi connectivity index (χ0n) is 10.3. The van der Waals surface area contributed by atoms with Gasteiger partial charge in [-0.15, -0.1) is 0 Å². The number of hydrogen-bond acceptors (Lipinski definition) is 7. The van der Waals surface area contributed by atoms with Gasteiger partial charge in [-0.25, -0.2) is 9.97 Å². The molecule has 0 aliphatic carbocycles. The Morgan fingerprint density at radius 3 is 2.78 bits per heavy atom. The summed E-state index contributed by atoms with van der Waals surface area (Å²) < 4.78 is 0. The fraction of sp³-hybridized carbons (Fsp3) is 0.600. The maximum Gasteiger partial charge on any atom is 0.352 e. The third kappa shape index (κ3) is 3.81. The highest BCUT2D eigenvalue weighted by Crippen LogP contribution is 2.26. The molecule has 0 bridgehead atoms. The SMILES string of the molecule is CC(C)CC(O)CNc1ncnc(N)c1[N+](=O)[O-]. The van der Waals surface area contributed by atoms with E-state index in [0.717, 1.165) is 6.33 Å². The van der Waals surface area contributed by atoms with Crippen LogP contribution in [0.2, 0.25) is 0 Å². The van der Waals surface area contributed by atoms with E-state index in [1.54, 1.807) is 0 Å².